The highest BCUT2D eigenvalue weighted by Crippen LogP contribution is 2.33. The standard InChI is InChI=1S/C21H26N4O3/c1-21(2,3)17-7-8-18(24-23-17)25-12-14(13-25)11-22-20(26)15-5-4-6-16-19(15)28-10-9-27-16/h4-8,14H,9-13H2,1-3H3,(H,22,26). The molecule has 0 aliphatic carbocycles. The topological polar surface area (TPSA) is 76.6 Å². The van der Waals surface area contributed by atoms with Crippen molar-refractivity contribution in [2.45, 2.75) is 26.2 Å². The number of anilines is 1. The Bertz CT molecular complexity index is 855. The summed E-state index contributed by atoms with van der Waals surface area (Å²) in [4.78, 5) is 14.7. The van der Waals surface area contributed by atoms with Crippen LogP contribution < -0.4 is 19.7 Å². The van der Waals surface area contributed by atoms with Crippen LogP contribution in [0.25, 0.3) is 0 Å². The molecule has 2 aromatic rings. The van der Waals surface area contributed by atoms with Gasteiger partial charge in [0.1, 0.15) is 13.2 Å². The number of benzene rings is 1. The van der Waals surface area contributed by atoms with Gasteiger partial charge in [-0.3, -0.25) is 4.79 Å². The van der Waals surface area contributed by atoms with Crippen LogP contribution in [-0.4, -0.2) is 49.0 Å². The highest BCUT2D eigenvalue weighted by molar-refractivity contribution is 5.97. The fraction of sp³-hybridized carbons (Fsp3) is 0.476. The number of fused-ring (bicyclic) bond motifs is 1. The predicted molar refractivity (Wildman–Crippen MR) is 106 cm³/mol. The Kier molecular flexibility index (Phi) is 4.83. The van der Waals surface area contributed by atoms with Crippen LogP contribution in [0.1, 0.15) is 36.8 Å². The number of ether oxygens (including phenoxy) is 2. The predicted octanol–water partition coefficient (Wildman–Crippen LogP) is 2.41. The maximum Gasteiger partial charge on any atom is 0.255 e. The van der Waals surface area contributed by atoms with Crippen LogP contribution in [0, 0.1) is 5.92 Å². The second kappa shape index (κ2) is 7.30. The van der Waals surface area contributed by atoms with E-state index in [-0.39, 0.29) is 11.3 Å². The molecular weight excluding hydrogens is 356 g/mol. The van der Waals surface area contributed by atoms with Gasteiger partial charge in [-0.15, -0.1) is 5.10 Å². The molecule has 2 aliphatic heterocycles. The van der Waals surface area contributed by atoms with Gasteiger partial charge < -0.3 is 19.7 Å². The van der Waals surface area contributed by atoms with Crippen molar-refractivity contribution in [1.82, 2.24) is 15.5 Å². The molecule has 0 atom stereocenters. The molecule has 1 fully saturated rings. The van der Waals surface area contributed by atoms with E-state index in [1.54, 1.807) is 6.07 Å². The lowest BCUT2D eigenvalue weighted by atomic mass is 9.92. The number of aromatic nitrogens is 2. The number of hydrogen-bond donors (Lipinski definition) is 1. The largest absolute Gasteiger partial charge is 0.486 e. The fourth-order valence-electron chi connectivity index (χ4n) is 3.36. The lowest BCUT2D eigenvalue weighted by molar-refractivity contribution is 0.0933. The van der Waals surface area contributed by atoms with E-state index >= 15 is 0 Å². The quantitative estimate of drug-likeness (QED) is 0.875. The molecule has 1 aromatic carbocycles. The Morgan fingerprint density at radius 2 is 1.93 bits per heavy atom. The first-order valence-corrected chi connectivity index (χ1v) is 9.68. The summed E-state index contributed by atoms with van der Waals surface area (Å²) in [5, 5.41) is 11.7. The van der Waals surface area contributed by atoms with Crippen LogP contribution in [-0.2, 0) is 5.41 Å². The monoisotopic (exact) mass is 382 g/mol. The third-order valence-electron chi connectivity index (χ3n) is 5.06. The number of carbonyl (C=O) groups excluding carboxylic acids is 1. The van der Waals surface area contributed by atoms with E-state index < -0.39 is 0 Å². The first-order chi connectivity index (χ1) is 13.4. The van der Waals surface area contributed by atoms with Crippen molar-refractivity contribution in [3.8, 4) is 11.5 Å². The van der Waals surface area contributed by atoms with Gasteiger partial charge in [-0.05, 0) is 24.3 Å². The molecule has 0 saturated carbocycles. The maximum atomic E-state index is 12.6. The highest BCUT2D eigenvalue weighted by Gasteiger charge is 2.29. The molecule has 0 radical (unpaired) electrons. The zero-order chi connectivity index (χ0) is 19.7. The molecule has 1 N–H and O–H groups in total. The average molecular weight is 382 g/mol. The van der Waals surface area contributed by atoms with Gasteiger partial charge in [-0.2, -0.15) is 5.10 Å². The highest BCUT2D eigenvalue weighted by atomic mass is 16.6. The third-order valence-corrected chi connectivity index (χ3v) is 5.06. The van der Waals surface area contributed by atoms with E-state index in [9.17, 15) is 4.79 Å². The fourth-order valence-corrected chi connectivity index (χ4v) is 3.36. The smallest absolute Gasteiger partial charge is 0.255 e. The third kappa shape index (κ3) is 3.74. The van der Waals surface area contributed by atoms with Crippen LogP contribution in [0.15, 0.2) is 30.3 Å². The van der Waals surface area contributed by atoms with Crippen molar-refractivity contribution in [2.24, 2.45) is 5.92 Å². The average Bonchev–Trinajstić information content (AvgIpc) is 2.66. The molecule has 0 bridgehead atoms. The molecular formula is C21H26N4O3. The molecule has 2 aliphatic rings. The Hall–Kier alpha value is -2.83. The number of carbonyl (C=O) groups is 1. The van der Waals surface area contributed by atoms with Gasteiger partial charge in [-0.25, -0.2) is 0 Å². The van der Waals surface area contributed by atoms with Gasteiger partial charge in [0.2, 0.25) is 0 Å². The second-order valence-corrected chi connectivity index (χ2v) is 8.34. The lowest BCUT2D eigenvalue weighted by Crippen LogP contribution is -2.52. The molecule has 1 amide bonds. The van der Waals surface area contributed by atoms with E-state index in [1.807, 2.05) is 24.3 Å². The molecule has 7 heteroatoms. The molecule has 28 heavy (non-hydrogen) atoms. The Morgan fingerprint density at radius 1 is 1.14 bits per heavy atom. The lowest BCUT2D eigenvalue weighted by Gasteiger charge is -2.40. The van der Waals surface area contributed by atoms with Gasteiger partial charge in [0.05, 0.1) is 11.3 Å². The van der Waals surface area contributed by atoms with Crippen LogP contribution >= 0.6 is 0 Å². The summed E-state index contributed by atoms with van der Waals surface area (Å²) in [6, 6.07) is 9.46. The molecule has 1 saturated heterocycles. The van der Waals surface area contributed by atoms with Gasteiger partial charge >= 0.3 is 0 Å². The van der Waals surface area contributed by atoms with Crippen LogP contribution in [0.5, 0.6) is 11.5 Å². The maximum absolute atomic E-state index is 12.6. The summed E-state index contributed by atoms with van der Waals surface area (Å²) >= 11 is 0. The van der Waals surface area contributed by atoms with E-state index in [1.165, 1.54) is 0 Å². The number of amides is 1. The van der Waals surface area contributed by atoms with Gasteiger partial charge in [0, 0.05) is 31.0 Å². The summed E-state index contributed by atoms with van der Waals surface area (Å²) in [5.74, 6) is 2.32. The number of hydrogen-bond acceptors (Lipinski definition) is 6. The summed E-state index contributed by atoms with van der Waals surface area (Å²) < 4.78 is 11.2. The Labute approximate surface area is 165 Å². The SMILES string of the molecule is CC(C)(C)c1ccc(N2CC(CNC(=O)c3cccc4c3OCCO4)C2)nn1. The van der Waals surface area contributed by atoms with Gasteiger partial charge in [-0.1, -0.05) is 26.8 Å². The minimum absolute atomic E-state index is 0.00131. The van der Waals surface area contributed by atoms with Crippen molar-refractivity contribution in [1.29, 1.82) is 0 Å². The second-order valence-electron chi connectivity index (χ2n) is 8.34. The molecule has 3 heterocycles. The van der Waals surface area contributed by atoms with E-state index in [0.29, 0.717) is 42.7 Å². The zero-order valence-corrected chi connectivity index (χ0v) is 16.6. The number of para-hydroxylation sites is 1. The van der Waals surface area contributed by atoms with E-state index in [0.717, 1.165) is 24.6 Å². The van der Waals surface area contributed by atoms with Crippen molar-refractivity contribution in [3.05, 3.63) is 41.6 Å². The Morgan fingerprint density at radius 3 is 2.64 bits per heavy atom. The summed E-state index contributed by atoms with van der Waals surface area (Å²) in [6.45, 7) is 9.68. The van der Waals surface area contributed by atoms with Crippen LogP contribution in [0.3, 0.4) is 0 Å². The number of nitrogens with one attached hydrogen (secondary N) is 1. The first kappa shape index (κ1) is 18.5. The molecule has 7 nitrogen and oxygen atoms in total. The Balaban J connectivity index is 1.29. The van der Waals surface area contributed by atoms with E-state index in [4.69, 9.17) is 9.47 Å². The number of rotatable bonds is 4. The minimum Gasteiger partial charge on any atom is -0.486 e. The van der Waals surface area contributed by atoms with Crippen molar-refractivity contribution in [3.63, 3.8) is 0 Å². The minimum atomic E-state index is -0.130. The van der Waals surface area contributed by atoms with Crippen molar-refractivity contribution >= 4 is 11.7 Å². The molecule has 4 rings (SSSR count). The molecule has 0 spiro atoms. The molecule has 148 valence electrons. The van der Waals surface area contributed by atoms with Gasteiger partial charge in [0.15, 0.2) is 17.3 Å². The van der Waals surface area contributed by atoms with Crippen molar-refractivity contribution < 1.29 is 14.3 Å². The van der Waals surface area contributed by atoms with Gasteiger partial charge in [0.25, 0.3) is 5.91 Å². The molecule has 0 unspecified atom stereocenters. The molecule has 1 aromatic heterocycles. The number of nitrogens with zero attached hydrogens (tertiary/aromatic N) is 3. The summed E-state index contributed by atoms with van der Waals surface area (Å²) in [5.41, 5.74) is 1.51. The summed E-state index contributed by atoms with van der Waals surface area (Å²) in [7, 11) is 0. The first-order valence-electron chi connectivity index (χ1n) is 9.68. The van der Waals surface area contributed by atoms with Crippen LogP contribution in [0.2, 0.25) is 0 Å². The normalized spacial score (nSPS) is 16.5. The summed E-state index contributed by atoms with van der Waals surface area (Å²) in [6.07, 6.45) is 0. The van der Waals surface area contributed by atoms with E-state index in [2.05, 4.69) is 41.2 Å². The van der Waals surface area contributed by atoms with Crippen LogP contribution in [0.4, 0.5) is 5.82 Å². The van der Waals surface area contributed by atoms with Crippen molar-refractivity contribution in [2.75, 3.05) is 37.7 Å². The zero-order valence-electron chi connectivity index (χ0n) is 16.6.